The first-order valence-corrected chi connectivity index (χ1v) is 4.78. The largest absolute Gasteiger partial charge is 0.355 e. The average molecular weight is 195 g/mol. The second kappa shape index (κ2) is 3.33. The van der Waals surface area contributed by atoms with E-state index in [-0.39, 0.29) is 5.82 Å². The lowest BCUT2D eigenvalue weighted by atomic mass is 10.0. The van der Waals surface area contributed by atoms with E-state index in [9.17, 15) is 4.39 Å². The van der Waals surface area contributed by atoms with Gasteiger partial charge >= 0.3 is 0 Å². The topological polar surface area (TPSA) is 21.3 Å². The Morgan fingerprint density at radius 1 is 1.57 bits per heavy atom. The van der Waals surface area contributed by atoms with E-state index in [4.69, 9.17) is 4.74 Å². The number of benzene rings is 1. The molecule has 76 valence electrons. The van der Waals surface area contributed by atoms with Gasteiger partial charge in [-0.15, -0.1) is 0 Å². The molecule has 1 aromatic carbocycles. The fourth-order valence-electron chi connectivity index (χ4n) is 1.80. The smallest absolute Gasteiger partial charge is 0.142 e. The molecule has 0 amide bonds. The van der Waals surface area contributed by atoms with Gasteiger partial charge in [-0.2, -0.15) is 0 Å². The summed E-state index contributed by atoms with van der Waals surface area (Å²) in [7, 11) is 0. The Morgan fingerprint density at radius 3 is 2.93 bits per heavy atom. The van der Waals surface area contributed by atoms with Gasteiger partial charge in [0.25, 0.3) is 0 Å². The third-order valence-corrected chi connectivity index (χ3v) is 2.52. The molecular weight excluding hydrogens is 181 g/mol. The maximum absolute atomic E-state index is 13.0. The highest BCUT2D eigenvalue weighted by Gasteiger charge is 2.34. The lowest BCUT2D eigenvalue weighted by Gasteiger charge is -2.24. The highest BCUT2D eigenvalue weighted by Crippen LogP contribution is 2.27. The molecule has 1 aromatic rings. The van der Waals surface area contributed by atoms with Crippen molar-refractivity contribution in [2.75, 3.05) is 6.61 Å². The lowest BCUT2D eigenvalue weighted by Crippen LogP contribution is -2.37. The standard InChI is InChI=1S/C11H14FNO/c1-8-7-14-11(2,13-8)9-4-3-5-10(12)6-9/h3-6,8,13H,7H2,1-2H3. The summed E-state index contributed by atoms with van der Waals surface area (Å²) in [5, 5.41) is 3.28. The fraction of sp³-hybridized carbons (Fsp3) is 0.455. The first-order chi connectivity index (χ1) is 6.60. The van der Waals surface area contributed by atoms with Gasteiger partial charge in [0.1, 0.15) is 11.5 Å². The van der Waals surface area contributed by atoms with Gasteiger partial charge in [0, 0.05) is 11.6 Å². The van der Waals surface area contributed by atoms with Gasteiger partial charge in [-0.3, -0.25) is 5.32 Å². The minimum Gasteiger partial charge on any atom is -0.355 e. The molecule has 1 saturated heterocycles. The summed E-state index contributed by atoms with van der Waals surface area (Å²) in [6.45, 7) is 4.63. The summed E-state index contributed by atoms with van der Waals surface area (Å²) in [4.78, 5) is 0. The molecule has 2 unspecified atom stereocenters. The zero-order valence-corrected chi connectivity index (χ0v) is 8.38. The monoisotopic (exact) mass is 195 g/mol. The highest BCUT2D eigenvalue weighted by molar-refractivity contribution is 5.23. The molecule has 1 fully saturated rings. The van der Waals surface area contributed by atoms with Gasteiger partial charge in [0.2, 0.25) is 0 Å². The van der Waals surface area contributed by atoms with Crippen LogP contribution in [0, 0.1) is 5.82 Å². The molecule has 0 saturated carbocycles. The van der Waals surface area contributed by atoms with Crippen LogP contribution < -0.4 is 5.32 Å². The lowest BCUT2D eigenvalue weighted by molar-refractivity contribution is 0.00214. The van der Waals surface area contributed by atoms with E-state index >= 15 is 0 Å². The first-order valence-electron chi connectivity index (χ1n) is 4.78. The fourth-order valence-corrected chi connectivity index (χ4v) is 1.80. The Balaban J connectivity index is 2.30. The van der Waals surface area contributed by atoms with Gasteiger partial charge in [-0.1, -0.05) is 12.1 Å². The summed E-state index contributed by atoms with van der Waals surface area (Å²) in [5.41, 5.74) is 0.295. The van der Waals surface area contributed by atoms with E-state index in [1.165, 1.54) is 12.1 Å². The predicted octanol–water partition coefficient (Wildman–Crippen LogP) is 2.01. The first kappa shape index (κ1) is 9.62. The van der Waals surface area contributed by atoms with Crippen LogP contribution in [0.4, 0.5) is 4.39 Å². The van der Waals surface area contributed by atoms with Crippen molar-refractivity contribution < 1.29 is 9.13 Å². The number of ether oxygens (including phenoxy) is 1. The molecule has 1 aliphatic heterocycles. The highest BCUT2D eigenvalue weighted by atomic mass is 19.1. The third-order valence-electron chi connectivity index (χ3n) is 2.52. The molecule has 1 N–H and O–H groups in total. The van der Waals surface area contributed by atoms with Crippen molar-refractivity contribution in [1.29, 1.82) is 0 Å². The molecule has 0 aliphatic carbocycles. The van der Waals surface area contributed by atoms with E-state index in [0.29, 0.717) is 12.6 Å². The molecule has 0 bridgehead atoms. The van der Waals surface area contributed by atoms with Crippen LogP contribution in [0.2, 0.25) is 0 Å². The summed E-state index contributed by atoms with van der Waals surface area (Å²) in [6.07, 6.45) is 0. The average Bonchev–Trinajstić information content (AvgIpc) is 2.48. The Labute approximate surface area is 83.1 Å². The SMILES string of the molecule is CC1COC(C)(c2cccc(F)c2)N1. The van der Waals surface area contributed by atoms with Crippen LogP contribution in [0.1, 0.15) is 19.4 Å². The molecule has 2 atom stereocenters. The van der Waals surface area contributed by atoms with Gasteiger partial charge in [-0.05, 0) is 26.0 Å². The maximum atomic E-state index is 13.0. The number of rotatable bonds is 1. The molecule has 1 aliphatic rings. The molecule has 14 heavy (non-hydrogen) atoms. The summed E-state index contributed by atoms with van der Waals surface area (Å²) in [6, 6.07) is 6.82. The zero-order chi connectivity index (χ0) is 10.2. The van der Waals surface area contributed by atoms with Gasteiger partial charge in [0.15, 0.2) is 0 Å². The van der Waals surface area contributed by atoms with Gasteiger partial charge < -0.3 is 4.74 Å². The Morgan fingerprint density at radius 2 is 2.36 bits per heavy atom. The Kier molecular flexibility index (Phi) is 2.29. The van der Waals surface area contributed by atoms with Crippen LogP contribution in [0.3, 0.4) is 0 Å². The summed E-state index contributed by atoms with van der Waals surface area (Å²) < 4.78 is 18.6. The van der Waals surface area contributed by atoms with Gasteiger partial charge in [0.05, 0.1) is 6.61 Å². The molecule has 3 heteroatoms. The van der Waals surface area contributed by atoms with E-state index in [0.717, 1.165) is 5.56 Å². The third kappa shape index (κ3) is 1.65. The molecule has 0 aromatic heterocycles. The number of nitrogens with one attached hydrogen (secondary N) is 1. The second-order valence-corrected chi connectivity index (χ2v) is 3.90. The number of halogens is 1. The van der Waals surface area contributed by atoms with E-state index in [1.54, 1.807) is 6.07 Å². The second-order valence-electron chi connectivity index (χ2n) is 3.90. The maximum Gasteiger partial charge on any atom is 0.142 e. The van der Waals surface area contributed by atoms with Crippen molar-refractivity contribution in [2.24, 2.45) is 0 Å². The van der Waals surface area contributed by atoms with Crippen LogP contribution in [0.5, 0.6) is 0 Å². The van der Waals surface area contributed by atoms with Crippen LogP contribution in [0.25, 0.3) is 0 Å². The molecule has 2 rings (SSSR count). The normalized spacial score (nSPS) is 32.1. The predicted molar refractivity (Wildman–Crippen MR) is 52.3 cm³/mol. The minimum absolute atomic E-state index is 0.228. The van der Waals surface area contributed by atoms with Crippen molar-refractivity contribution >= 4 is 0 Å². The van der Waals surface area contributed by atoms with Gasteiger partial charge in [-0.25, -0.2) is 4.39 Å². The Bertz CT molecular complexity index is 342. The van der Waals surface area contributed by atoms with E-state index in [1.807, 2.05) is 19.9 Å². The summed E-state index contributed by atoms with van der Waals surface area (Å²) in [5.74, 6) is -0.228. The molecule has 2 nitrogen and oxygen atoms in total. The number of hydrogen-bond donors (Lipinski definition) is 1. The quantitative estimate of drug-likeness (QED) is 0.740. The minimum atomic E-state index is -0.540. The van der Waals surface area contributed by atoms with Crippen LogP contribution >= 0.6 is 0 Å². The van der Waals surface area contributed by atoms with Crippen LogP contribution in [0.15, 0.2) is 24.3 Å². The van der Waals surface area contributed by atoms with E-state index < -0.39 is 5.72 Å². The van der Waals surface area contributed by atoms with Crippen molar-refractivity contribution in [3.05, 3.63) is 35.6 Å². The van der Waals surface area contributed by atoms with Crippen molar-refractivity contribution in [3.63, 3.8) is 0 Å². The molecule has 1 heterocycles. The van der Waals surface area contributed by atoms with Crippen molar-refractivity contribution in [2.45, 2.75) is 25.6 Å². The zero-order valence-electron chi connectivity index (χ0n) is 8.38. The molecule has 0 radical (unpaired) electrons. The summed E-state index contributed by atoms with van der Waals surface area (Å²) >= 11 is 0. The molecular formula is C11H14FNO. The number of hydrogen-bond acceptors (Lipinski definition) is 2. The molecule has 0 spiro atoms. The Hall–Kier alpha value is -0.930. The van der Waals surface area contributed by atoms with Crippen molar-refractivity contribution in [3.8, 4) is 0 Å². The van der Waals surface area contributed by atoms with Crippen molar-refractivity contribution in [1.82, 2.24) is 5.32 Å². The van der Waals surface area contributed by atoms with E-state index in [2.05, 4.69) is 5.32 Å². The van der Waals surface area contributed by atoms with Crippen LogP contribution in [-0.4, -0.2) is 12.6 Å². The van der Waals surface area contributed by atoms with Crippen LogP contribution in [-0.2, 0) is 10.5 Å².